The fourth-order valence-electron chi connectivity index (χ4n) is 3.25. The molecule has 31 heavy (non-hydrogen) atoms. The van der Waals surface area contributed by atoms with Gasteiger partial charge < -0.3 is 15.1 Å². The Morgan fingerprint density at radius 2 is 1.45 bits per heavy atom. The molecule has 0 heterocycles. The predicted molar refractivity (Wildman–Crippen MR) is 126 cm³/mol. The number of nitrogens with one attached hydrogen (secondary N) is 1. The van der Waals surface area contributed by atoms with Crippen molar-refractivity contribution in [1.29, 1.82) is 0 Å². The number of carbonyl (C=O) groups is 2. The fourth-order valence-corrected chi connectivity index (χ4v) is 3.25. The van der Waals surface area contributed by atoms with Gasteiger partial charge in [-0.25, -0.2) is 0 Å². The second-order valence-corrected chi connectivity index (χ2v) is 7.89. The number of hydrogen-bond donors (Lipinski definition) is 1. The van der Waals surface area contributed by atoms with E-state index in [4.69, 9.17) is 0 Å². The van der Waals surface area contributed by atoms with Gasteiger partial charge in [0.05, 0.1) is 6.42 Å². The molecule has 1 N–H and O–H groups in total. The van der Waals surface area contributed by atoms with Crippen molar-refractivity contribution in [2.45, 2.75) is 19.9 Å². The molecule has 2 amide bonds. The molecular formula is C26H29N3O2. The smallest absolute Gasteiger partial charge is 0.244 e. The zero-order valence-electron chi connectivity index (χ0n) is 18.3. The van der Waals surface area contributed by atoms with Crippen LogP contribution >= 0.6 is 0 Å². The molecule has 0 unspecified atom stereocenters. The molecule has 0 aromatic heterocycles. The monoisotopic (exact) mass is 415 g/mol. The van der Waals surface area contributed by atoms with Crippen LogP contribution in [0.2, 0.25) is 0 Å². The van der Waals surface area contributed by atoms with Gasteiger partial charge in [-0.3, -0.25) is 9.59 Å². The SMILES string of the molecule is Cc1ccc(CN(CC(=O)Nc2ccc(N(C)C)cc2)C(=O)Cc2ccccc2)cc1. The van der Waals surface area contributed by atoms with Crippen molar-refractivity contribution in [3.63, 3.8) is 0 Å². The Kier molecular flexibility index (Phi) is 7.44. The maximum Gasteiger partial charge on any atom is 0.244 e. The lowest BCUT2D eigenvalue weighted by atomic mass is 10.1. The minimum Gasteiger partial charge on any atom is -0.378 e. The first-order valence-corrected chi connectivity index (χ1v) is 10.3. The number of anilines is 2. The minimum absolute atomic E-state index is 0.00498. The maximum atomic E-state index is 13.0. The Balaban J connectivity index is 1.70. The second kappa shape index (κ2) is 10.4. The lowest BCUT2D eigenvalue weighted by molar-refractivity contribution is -0.134. The van der Waals surface area contributed by atoms with Gasteiger partial charge in [0.25, 0.3) is 0 Å². The molecule has 0 aliphatic rings. The summed E-state index contributed by atoms with van der Waals surface area (Å²) >= 11 is 0. The van der Waals surface area contributed by atoms with Crippen LogP contribution in [0.1, 0.15) is 16.7 Å². The second-order valence-electron chi connectivity index (χ2n) is 7.89. The van der Waals surface area contributed by atoms with E-state index < -0.39 is 0 Å². The molecule has 5 nitrogen and oxygen atoms in total. The van der Waals surface area contributed by atoms with E-state index in [0.717, 1.165) is 22.4 Å². The van der Waals surface area contributed by atoms with Crippen molar-refractivity contribution < 1.29 is 9.59 Å². The van der Waals surface area contributed by atoms with Gasteiger partial charge in [-0.05, 0) is 42.3 Å². The minimum atomic E-state index is -0.217. The van der Waals surface area contributed by atoms with E-state index in [0.29, 0.717) is 12.2 Å². The van der Waals surface area contributed by atoms with E-state index in [1.54, 1.807) is 4.90 Å². The van der Waals surface area contributed by atoms with E-state index in [1.807, 2.05) is 105 Å². The first-order valence-electron chi connectivity index (χ1n) is 10.3. The van der Waals surface area contributed by atoms with E-state index in [1.165, 1.54) is 0 Å². The Morgan fingerprint density at radius 3 is 2.06 bits per heavy atom. The highest BCUT2D eigenvalue weighted by Crippen LogP contribution is 2.16. The predicted octanol–water partition coefficient (Wildman–Crippen LogP) is 4.27. The third-order valence-electron chi connectivity index (χ3n) is 5.05. The summed E-state index contributed by atoms with van der Waals surface area (Å²) in [5, 5.41) is 2.90. The highest BCUT2D eigenvalue weighted by Gasteiger charge is 2.18. The van der Waals surface area contributed by atoms with Crippen LogP contribution in [0.3, 0.4) is 0 Å². The van der Waals surface area contributed by atoms with Crippen LogP contribution in [0.5, 0.6) is 0 Å². The Hall–Kier alpha value is -3.60. The first-order chi connectivity index (χ1) is 14.9. The highest BCUT2D eigenvalue weighted by atomic mass is 16.2. The maximum absolute atomic E-state index is 13.0. The van der Waals surface area contributed by atoms with Gasteiger partial charge in [0.15, 0.2) is 0 Å². The van der Waals surface area contributed by atoms with Gasteiger partial charge >= 0.3 is 0 Å². The van der Waals surface area contributed by atoms with E-state index in [9.17, 15) is 9.59 Å². The molecule has 0 saturated carbocycles. The standard InChI is InChI=1S/C26H29N3O2/c1-20-9-11-22(12-10-20)18-29(26(31)17-21-7-5-4-6-8-21)19-25(30)27-23-13-15-24(16-14-23)28(2)3/h4-16H,17-19H2,1-3H3,(H,27,30). The van der Waals surface area contributed by atoms with Crippen molar-refractivity contribution >= 4 is 23.2 Å². The Morgan fingerprint density at radius 1 is 0.806 bits per heavy atom. The summed E-state index contributed by atoms with van der Waals surface area (Å²) in [7, 11) is 3.93. The summed E-state index contributed by atoms with van der Waals surface area (Å²) in [5.74, 6) is -0.295. The number of benzene rings is 3. The molecule has 3 aromatic rings. The number of aryl methyl sites for hydroxylation is 1. The van der Waals surface area contributed by atoms with Crippen LogP contribution in [0.4, 0.5) is 11.4 Å². The molecule has 160 valence electrons. The van der Waals surface area contributed by atoms with Crippen LogP contribution in [-0.4, -0.2) is 37.4 Å². The van der Waals surface area contributed by atoms with Crippen LogP contribution in [-0.2, 0) is 22.6 Å². The summed E-state index contributed by atoms with van der Waals surface area (Å²) in [5.41, 5.74) is 4.85. The highest BCUT2D eigenvalue weighted by molar-refractivity contribution is 5.95. The van der Waals surface area contributed by atoms with Gasteiger partial charge in [-0.1, -0.05) is 60.2 Å². The van der Waals surface area contributed by atoms with Crippen LogP contribution in [0, 0.1) is 6.92 Å². The molecule has 0 fully saturated rings. The molecule has 0 radical (unpaired) electrons. The number of rotatable bonds is 8. The molecule has 0 spiro atoms. The zero-order valence-corrected chi connectivity index (χ0v) is 18.3. The van der Waals surface area contributed by atoms with Crippen molar-refractivity contribution in [3.05, 3.63) is 95.6 Å². The van der Waals surface area contributed by atoms with E-state index >= 15 is 0 Å². The van der Waals surface area contributed by atoms with E-state index in [2.05, 4.69) is 5.32 Å². The topological polar surface area (TPSA) is 52.7 Å². The molecule has 0 atom stereocenters. The molecule has 0 aliphatic carbocycles. The zero-order chi connectivity index (χ0) is 22.2. The molecule has 0 bridgehead atoms. The Bertz CT molecular complexity index is 997. The van der Waals surface area contributed by atoms with Crippen molar-refractivity contribution in [2.24, 2.45) is 0 Å². The van der Waals surface area contributed by atoms with Crippen molar-refractivity contribution in [2.75, 3.05) is 30.9 Å². The number of nitrogens with zero attached hydrogens (tertiary/aromatic N) is 2. The van der Waals surface area contributed by atoms with Gasteiger partial charge in [-0.2, -0.15) is 0 Å². The molecular weight excluding hydrogens is 386 g/mol. The van der Waals surface area contributed by atoms with Gasteiger partial charge in [0.2, 0.25) is 11.8 Å². The summed E-state index contributed by atoms with van der Waals surface area (Å²) in [4.78, 5) is 29.4. The van der Waals surface area contributed by atoms with Gasteiger partial charge in [0.1, 0.15) is 6.54 Å². The van der Waals surface area contributed by atoms with Gasteiger partial charge in [-0.15, -0.1) is 0 Å². The van der Waals surface area contributed by atoms with Crippen LogP contribution in [0.15, 0.2) is 78.9 Å². The molecule has 3 rings (SSSR count). The molecule has 3 aromatic carbocycles. The van der Waals surface area contributed by atoms with Crippen molar-refractivity contribution in [1.82, 2.24) is 4.90 Å². The fraction of sp³-hybridized carbons (Fsp3) is 0.231. The van der Waals surface area contributed by atoms with Crippen LogP contribution in [0.25, 0.3) is 0 Å². The van der Waals surface area contributed by atoms with Gasteiger partial charge in [0, 0.05) is 32.0 Å². The molecule has 0 aliphatic heterocycles. The third kappa shape index (κ3) is 6.71. The number of carbonyl (C=O) groups excluding carboxylic acids is 2. The Labute approximate surface area is 184 Å². The lowest BCUT2D eigenvalue weighted by Crippen LogP contribution is -2.38. The van der Waals surface area contributed by atoms with E-state index in [-0.39, 0.29) is 24.8 Å². The number of amides is 2. The lowest BCUT2D eigenvalue weighted by Gasteiger charge is -2.23. The summed E-state index contributed by atoms with van der Waals surface area (Å²) in [6.07, 6.45) is 0.261. The average molecular weight is 416 g/mol. The summed E-state index contributed by atoms with van der Waals surface area (Å²) in [6, 6.07) is 25.2. The average Bonchev–Trinajstić information content (AvgIpc) is 2.76. The summed E-state index contributed by atoms with van der Waals surface area (Å²) < 4.78 is 0. The van der Waals surface area contributed by atoms with Crippen molar-refractivity contribution in [3.8, 4) is 0 Å². The molecule has 0 saturated heterocycles. The first kappa shape index (κ1) is 22.1. The third-order valence-corrected chi connectivity index (χ3v) is 5.05. The summed E-state index contributed by atoms with van der Waals surface area (Å²) in [6.45, 7) is 2.41. The number of hydrogen-bond acceptors (Lipinski definition) is 3. The van der Waals surface area contributed by atoms with Crippen LogP contribution < -0.4 is 10.2 Å². The quantitative estimate of drug-likeness (QED) is 0.598. The molecule has 5 heteroatoms. The largest absolute Gasteiger partial charge is 0.378 e. The normalized spacial score (nSPS) is 10.4.